The zero-order chi connectivity index (χ0) is 18.0. The average molecular weight is 354 g/mol. The second-order valence-corrected chi connectivity index (χ2v) is 7.92. The molecule has 1 aromatic heterocycles. The molecule has 1 unspecified atom stereocenters. The molecule has 5 heteroatoms. The van der Waals surface area contributed by atoms with E-state index in [1.165, 1.54) is 4.88 Å². The lowest BCUT2D eigenvalue weighted by molar-refractivity contribution is 0.102. The van der Waals surface area contributed by atoms with Crippen LogP contribution in [-0.2, 0) is 12.8 Å². The van der Waals surface area contributed by atoms with Crippen LogP contribution in [0.15, 0.2) is 24.3 Å². The first-order valence-electron chi connectivity index (χ1n) is 8.60. The van der Waals surface area contributed by atoms with Gasteiger partial charge in [0.15, 0.2) is 0 Å². The molecule has 1 aliphatic carbocycles. The van der Waals surface area contributed by atoms with Crippen LogP contribution in [0.2, 0.25) is 0 Å². The Kier molecular flexibility index (Phi) is 5.10. The van der Waals surface area contributed by atoms with Crippen molar-refractivity contribution in [3.63, 3.8) is 0 Å². The molecule has 0 fully saturated rings. The standard InChI is InChI=1S/C20H22N2O2S/c1-12(2)24-15-6-4-5-14(10-15)19(23)22-20-17(11-21)16-8-7-13(3)9-18(16)25-20/h4-6,10,12-13H,7-9H2,1-3H3,(H,22,23). The predicted octanol–water partition coefficient (Wildman–Crippen LogP) is 4.78. The minimum Gasteiger partial charge on any atom is -0.491 e. The molecule has 1 aromatic carbocycles. The Hall–Kier alpha value is -2.32. The van der Waals surface area contributed by atoms with Gasteiger partial charge >= 0.3 is 0 Å². The van der Waals surface area contributed by atoms with Crippen molar-refractivity contribution in [1.82, 2.24) is 0 Å². The Morgan fingerprint density at radius 3 is 2.96 bits per heavy atom. The number of hydrogen-bond acceptors (Lipinski definition) is 4. The van der Waals surface area contributed by atoms with E-state index in [1.807, 2.05) is 19.9 Å². The van der Waals surface area contributed by atoms with E-state index < -0.39 is 0 Å². The van der Waals surface area contributed by atoms with Crippen molar-refractivity contribution in [3.8, 4) is 11.8 Å². The van der Waals surface area contributed by atoms with E-state index in [0.29, 0.717) is 27.8 Å². The lowest BCUT2D eigenvalue weighted by Gasteiger charge is -2.17. The van der Waals surface area contributed by atoms with Crippen molar-refractivity contribution in [2.24, 2.45) is 5.92 Å². The molecule has 1 N–H and O–H groups in total. The molecule has 1 aliphatic rings. The van der Waals surface area contributed by atoms with Gasteiger partial charge in [0.05, 0.1) is 11.7 Å². The van der Waals surface area contributed by atoms with Gasteiger partial charge in [0.25, 0.3) is 5.91 Å². The maximum absolute atomic E-state index is 12.6. The largest absolute Gasteiger partial charge is 0.491 e. The zero-order valence-electron chi connectivity index (χ0n) is 14.8. The molecule has 0 aliphatic heterocycles. The summed E-state index contributed by atoms with van der Waals surface area (Å²) < 4.78 is 5.65. The van der Waals surface area contributed by atoms with Gasteiger partial charge in [0.2, 0.25) is 0 Å². The first-order valence-corrected chi connectivity index (χ1v) is 9.42. The van der Waals surface area contributed by atoms with Gasteiger partial charge in [-0.1, -0.05) is 13.0 Å². The van der Waals surface area contributed by atoms with E-state index in [4.69, 9.17) is 4.74 Å². The number of carbonyl (C=O) groups excluding carboxylic acids is 1. The molecule has 1 amide bonds. The van der Waals surface area contributed by atoms with Gasteiger partial charge in [-0.2, -0.15) is 5.26 Å². The number of nitrogens with one attached hydrogen (secondary N) is 1. The SMILES string of the molecule is CC1CCc2c(sc(NC(=O)c3cccc(OC(C)C)c3)c2C#N)C1. The van der Waals surface area contributed by atoms with Gasteiger partial charge in [-0.15, -0.1) is 11.3 Å². The summed E-state index contributed by atoms with van der Waals surface area (Å²) >= 11 is 1.54. The number of hydrogen-bond donors (Lipinski definition) is 1. The van der Waals surface area contributed by atoms with Gasteiger partial charge in [0, 0.05) is 10.4 Å². The molecule has 130 valence electrons. The molecule has 0 saturated carbocycles. The van der Waals surface area contributed by atoms with Crippen LogP contribution >= 0.6 is 11.3 Å². The molecule has 2 aromatic rings. The Morgan fingerprint density at radius 1 is 1.44 bits per heavy atom. The summed E-state index contributed by atoms with van der Waals surface area (Å²) in [5, 5.41) is 13.1. The third kappa shape index (κ3) is 3.85. The highest BCUT2D eigenvalue weighted by Gasteiger charge is 2.24. The molecule has 0 saturated heterocycles. The number of nitrogens with zero attached hydrogens (tertiary/aromatic N) is 1. The zero-order valence-corrected chi connectivity index (χ0v) is 15.6. The van der Waals surface area contributed by atoms with Crippen LogP contribution in [0.25, 0.3) is 0 Å². The van der Waals surface area contributed by atoms with Crippen LogP contribution in [0.4, 0.5) is 5.00 Å². The second kappa shape index (κ2) is 7.28. The predicted molar refractivity (Wildman–Crippen MR) is 100 cm³/mol. The van der Waals surface area contributed by atoms with E-state index >= 15 is 0 Å². The summed E-state index contributed by atoms with van der Waals surface area (Å²) in [4.78, 5) is 13.9. The topological polar surface area (TPSA) is 62.1 Å². The van der Waals surface area contributed by atoms with Crippen LogP contribution in [0.3, 0.4) is 0 Å². The van der Waals surface area contributed by atoms with Crippen molar-refractivity contribution in [2.75, 3.05) is 5.32 Å². The highest BCUT2D eigenvalue weighted by Crippen LogP contribution is 2.39. The Labute approximate surface area is 152 Å². The molecule has 0 radical (unpaired) electrons. The van der Waals surface area contributed by atoms with E-state index in [9.17, 15) is 10.1 Å². The number of fused-ring (bicyclic) bond motifs is 1. The van der Waals surface area contributed by atoms with Crippen LogP contribution < -0.4 is 10.1 Å². The third-order valence-electron chi connectivity index (χ3n) is 4.32. The minimum absolute atomic E-state index is 0.0505. The highest BCUT2D eigenvalue weighted by molar-refractivity contribution is 7.16. The molecular weight excluding hydrogens is 332 g/mol. The van der Waals surface area contributed by atoms with Gasteiger partial charge in [-0.05, 0) is 62.8 Å². The van der Waals surface area contributed by atoms with Crippen LogP contribution in [-0.4, -0.2) is 12.0 Å². The van der Waals surface area contributed by atoms with Gasteiger partial charge in [-0.25, -0.2) is 0 Å². The lowest BCUT2D eigenvalue weighted by atomic mass is 9.88. The van der Waals surface area contributed by atoms with Crippen LogP contribution in [0, 0.1) is 17.2 Å². The number of nitriles is 1. The molecule has 4 nitrogen and oxygen atoms in total. The van der Waals surface area contributed by atoms with Crippen molar-refractivity contribution < 1.29 is 9.53 Å². The fraction of sp³-hybridized carbons (Fsp3) is 0.400. The van der Waals surface area contributed by atoms with Crippen molar-refractivity contribution in [1.29, 1.82) is 5.26 Å². The van der Waals surface area contributed by atoms with Crippen molar-refractivity contribution in [2.45, 2.75) is 46.1 Å². The third-order valence-corrected chi connectivity index (χ3v) is 5.49. The number of benzene rings is 1. The van der Waals surface area contributed by atoms with Gasteiger partial charge in [-0.3, -0.25) is 4.79 Å². The Bertz CT molecular complexity index is 833. The first kappa shape index (κ1) is 17.5. The quantitative estimate of drug-likeness (QED) is 0.859. The normalized spacial score (nSPS) is 16.2. The molecule has 1 heterocycles. The fourth-order valence-corrected chi connectivity index (χ4v) is 4.47. The van der Waals surface area contributed by atoms with Gasteiger partial charge in [0.1, 0.15) is 16.8 Å². The van der Waals surface area contributed by atoms with Crippen molar-refractivity contribution in [3.05, 3.63) is 45.8 Å². The summed E-state index contributed by atoms with van der Waals surface area (Å²) in [6, 6.07) is 9.41. The number of thiophene rings is 1. The minimum atomic E-state index is -0.211. The Balaban J connectivity index is 1.83. The summed E-state index contributed by atoms with van der Waals surface area (Å²) in [6.07, 6.45) is 3.06. The van der Waals surface area contributed by atoms with Crippen molar-refractivity contribution >= 4 is 22.2 Å². The maximum atomic E-state index is 12.6. The Morgan fingerprint density at radius 2 is 2.24 bits per heavy atom. The lowest BCUT2D eigenvalue weighted by Crippen LogP contribution is -2.13. The number of anilines is 1. The molecule has 0 spiro atoms. The van der Waals surface area contributed by atoms with Gasteiger partial charge < -0.3 is 10.1 Å². The summed E-state index contributed by atoms with van der Waals surface area (Å²) in [5.41, 5.74) is 2.29. The second-order valence-electron chi connectivity index (χ2n) is 6.82. The van der Waals surface area contributed by atoms with E-state index in [0.717, 1.165) is 24.8 Å². The average Bonchev–Trinajstić information content (AvgIpc) is 2.90. The number of amides is 1. The number of rotatable bonds is 4. The maximum Gasteiger partial charge on any atom is 0.256 e. The summed E-state index contributed by atoms with van der Waals surface area (Å²) in [7, 11) is 0. The molecule has 1 atom stereocenters. The summed E-state index contributed by atoms with van der Waals surface area (Å²) in [5.74, 6) is 1.09. The number of ether oxygens (including phenoxy) is 1. The number of carbonyl (C=O) groups is 1. The molecular formula is C20H22N2O2S. The monoisotopic (exact) mass is 354 g/mol. The van der Waals surface area contributed by atoms with E-state index in [-0.39, 0.29) is 12.0 Å². The highest BCUT2D eigenvalue weighted by atomic mass is 32.1. The van der Waals surface area contributed by atoms with E-state index in [1.54, 1.807) is 29.5 Å². The fourth-order valence-electron chi connectivity index (χ4n) is 3.12. The first-order chi connectivity index (χ1) is 12.0. The van der Waals surface area contributed by atoms with Crippen LogP contribution in [0.5, 0.6) is 5.75 Å². The van der Waals surface area contributed by atoms with Crippen LogP contribution in [0.1, 0.15) is 53.6 Å². The molecule has 25 heavy (non-hydrogen) atoms. The molecule has 0 bridgehead atoms. The van der Waals surface area contributed by atoms with E-state index in [2.05, 4.69) is 18.3 Å². The molecule has 3 rings (SSSR count). The smallest absolute Gasteiger partial charge is 0.256 e. The summed E-state index contributed by atoms with van der Waals surface area (Å²) in [6.45, 7) is 6.12.